The molecule has 2 aliphatic rings. The molecular weight excluding hydrogens is 502 g/mol. The third-order valence-electron chi connectivity index (χ3n) is 7.21. The molecule has 0 unspecified atom stereocenters. The fourth-order valence-electron chi connectivity index (χ4n) is 4.86. The van der Waals surface area contributed by atoms with E-state index in [-0.39, 0.29) is 0 Å². The van der Waals surface area contributed by atoms with Gasteiger partial charge in [-0.05, 0) is 49.9 Å². The van der Waals surface area contributed by atoms with Gasteiger partial charge in [0.15, 0.2) is 11.5 Å². The van der Waals surface area contributed by atoms with Crippen LogP contribution < -0.4 is 19.5 Å². The fourth-order valence-corrected chi connectivity index (χ4v) is 5.08. The van der Waals surface area contributed by atoms with E-state index in [0.717, 1.165) is 68.7 Å². The highest BCUT2D eigenvalue weighted by atomic mass is 35.5. The van der Waals surface area contributed by atoms with Crippen LogP contribution in [0.3, 0.4) is 0 Å². The second-order valence-corrected chi connectivity index (χ2v) is 10.2. The average molecular weight is 537 g/mol. The number of pyridine rings is 1. The molecule has 2 fully saturated rings. The number of halogens is 1. The summed E-state index contributed by atoms with van der Waals surface area (Å²) in [6, 6.07) is 9.79. The Kier molecular flexibility index (Phi) is 7.68. The molecule has 0 radical (unpaired) electrons. The Morgan fingerprint density at radius 1 is 1.11 bits per heavy atom. The van der Waals surface area contributed by atoms with E-state index in [1.54, 1.807) is 20.4 Å². The number of methoxy groups -OCH3 is 2. The first kappa shape index (κ1) is 25.1. The second-order valence-electron chi connectivity index (χ2n) is 9.81. The average Bonchev–Trinajstić information content (AvgIpc) is 3.81. The fraction of sp³-hybridized carbons (Fsp3) is 0.448. The highest BCUT2D eigenvalue weighted by molar-refractivity contribution is 6.33. The number of ether oxygens (including phenoxy) is 3. The molecule has 0 spiro atoms. The first-order valence-electron chi connectivity index (χ1n) is 13.7. The maximum Gasteiger partial charge on any atom is 0.163 e. The van der Waals surface area contributed by atoms with Crippen LogP contribution in [0.15, 0.2) is 30.5 Å². The largest absolute Gasteiger partial charge is 0.496 e. The van der Waals surface area contributed by atoms with Crippen molar-refractivity contribution in [2.45, 2.75) is 25.2 Å². The lowest BCUT2D eigenvalue weighted by atomic mass is 10.1. The summed E-state index contributed by atoms with van der Waals surface area (Å²) in [6.45, 7) is 5.35. The third kappa shape index (κ3) is 5.75. The van der Waals surface area contributed by atoms with Crippen LogP contribution in [0.1, 0.15) is 37.7 Å². The topological polar surface area (TPSA) is 82.9 Å². The van der Waals surface area contributed by atoms with E-state index < -0.39 is 0 Å². The number of aromatic nitrogens is 1. The maximum atomic E-state index is 9.85. The number of hydrogen-bond donors (Lipinski definition) is 1. The molecule has 1 aliphatic carbocycles. The molecule has 8 nitrogen and oxygen atoms in total. The van der Waals surface area contributed by atoms with Gasteiger partial charge in [-0.1, -0.05) is 11.6 Å². The molecule has 5 rings (SSSR count). The Morgan fingerprint density at radius 3 is 2.58 bits per heavy atom. The van der Waals surface area contributed by atoms with Crippen molar-refractivity contribution in [2.75, 3.05) is 65.9 Å². The highest BCUT2D eigenvalue weighted by Gasteiger charge is 2.28. The minimum absolute atomic E-state index is 0.369. The van der Waals surface area contributed by atoms with Crippen LogP contribution in [0.2, 0.25) is 5.02 Å². The molecule has 2 aromatic carbocycles. The lowest BCUT2D eigenvalue weighted by molar-refractivity contribution is 0.145. The number of likely N-dealkylation sites (N-methyl/N-ethyl adjacent to an activating group) is 1. The van der Waals surface area contributed by atoms with Crippen LogP contribution in [0, 0.1) is 11.3 Å². The van der Waals surface area contributed by atoms with Gasteiger partial charge in [0.25, 0.3) is 0 Å². The summed E-state index contributed by atoms with van der Waals surface area (Å²) >= 11 is 6.68. The van der Waals surface area contributed by atoms with Crippen molar-refractivity contribution >= 4 is 33.9 Å². The number of nitrogens with one attached hydrogen (secondary N) is 1. The van der Waals surface area contributed by atoms with Crippen LogP contribution in [-0.4, -0.2) is 75.4 Å². The summed E-state index contributed by atoms with van der Waals surface area (Å²) in [4.78, 5) is 9.08. The molecule has 1 N–H and O–H groups in total. The summed E-state index contributed by atoms with van der Waals surface area (Å²) in [7, 11) is 3.63. The number of piperazine rings is 1. The van der Waals surface area contributed by atoms with E-state index >= 15 is 0 Å². The summed E-state index contributed by atoms with van der Waals surface area (Å²) in [6.07, 6.45) is 4.72. The lowest BCUT2D eigenvalue weighted by Crippen LogP contribution is -2.44. The molecular formula is C29H34ClN5O3. The molecule has 0 bridgehead atoms. The van der Waals surface area contributed by atoms with Crippen LogP contribution in [0.5, 0.6) is 17.2 Å². The van der Waals surface area contributed by atoms with E-state index in [2.05, 4.69) is 26.2 Å². The summed E-state index contributed by atoms with van der Waals surface area (Å²) in [5.41, 5.74) is 3.44. The van der Waals surface area contributed by atoms with Crippen LogP contribution in [-0.2, 0) is 0 Å². The van der Waals surface area contributed by atoms with E-state index in [1.807, 2.05) is 24.3 Å². The Balaban J connectivity index is 1.35. The number of nitriles is 1. The van der Waals surface area contributed by atoms with E-state index in [9.17, 15) is 5.26 Å². The number of fused-ring (bicyclic) bond motifs is 1. The van der Waals surface area contributed by atoms with Gasteiger partial charge in [-0.15, -0.1) is 0 Å². The molecule has 3 aromatic rings. The van der Waals surface area contributed by atoms with Crippen molar-refractivity contribution in [2.24, 2.45) is 0 Å². The number of hydrogen-bond acceptors (Lipinski definition) is 8. The van der Waals surface area contributed by atoms with Crippen molar-refractivity contribution in [3.63, 3.8) is 0 Å². The number of anilines is 2. The Hall–Kier alpha value is -3.25. The van der Waals surface area contributed by atoms with Gasteiger partial charge in [0.1, 0.15) is 11.8 Å². The van der Waals surface area contributed by atoms with Crippen LogP contribution in [0.4, 0.5) is 11.4 Å². The Labute approximate surface area is 230 Å². The zero-order valence-electron chi connectivity index (χ0n) is 22.9. The molecule has 0 atom stereocenters. The molecule has 38 heavy (non-hydrogen) atoms. The van der Waals surface area contributed by atoms with E-state index in [0.29, 0.717) is 58.5 Å². The minimum atomic E-state index is 0.369. The van der Waals surface area contributed by atoms with Crippen molar-refractivity contribution in [3.05, 3.63) is 46.6 Å². The Morgan fingerprint density at radius 2 is 1.89 bits per heavy atom. The molecule has 1 aromatic heterocycles. The zero-order valence-corrected chi connectivity index (χ0v) is 22.7. The number of rotatable bonds is 10. The maximum absolute atomic E-state index is 9.85. The second kappa shape index (κ2) is 11.6. The van der Waals surface area contributed by atoms with Gasteiger partial charge in [0.05, 0.1) is 48.3 Å². The Bertz CT molecular complexity index is 1370. The quantitative estimate of drug-likeness (QED) is 0.344. The molecule has 1 saturated heterocycles. The highest BCUT2D eigenvalue weighted by Crippen LogP contribution is 2.47. The lowest BCUT2D eigenvalue weighted by Gasteiger charge is -2.32. The first-order valence-corrected chi connectivity index (χ1v) is 13.3. The van der Waals surface area contributed by atoms with Crippen LogP contribution in [0.25, 0.3) is 10.9 Å². The first-order chi connectivity index (χ1) is 19.0. The zero-order chi connectivity index (χ0) is 27.4. The van der Waals surface area contributed by atoms with Gasteiger partial charge in [0.2, 0.25) is 0 Å². The van der Waals surface area contributed by atoms with Gasteiger partial charge in [-0.2, -0.15) is 5.26 Å². The van der Waals surface area contributed by atoms with Crippen molar-refractivity contribution < 1.29 is 15.6 Å². The predicted molar refractivity (Wildman–Crippen MR) is 150 cm³/mol. The molecule has 1 saturated carbocycles. The predicted octanol–water partition coefficient (Wildman–Crippen LogP) is 5.41. The SMILES string of the molecule is [2H]CN1CCN(CCCOc2cc3ncc(C#N)c(Nc4cc(OC)c(C5CC5)cc4Cl)c3cc2OC)CC1. The third-order valence-corrected chi connectivity index (χ3v) is 7.52. The van der Waals surface area contributed by atoms with Crippen molar-refractivity contribution in [3.8, 4) is 23.3 Å². The van der Waals surface area contributed by atoms with E-state index in [4.69, 9.17) is 27.2 Å². The minimum Gasteiger partial charge on any atom is -0.496 e. The molecule has 0 amide bonds. The van der Waals surface area contributed by atoms with Gasteiger partial charge >= 0.3 is 0 Å². The smallest absolute Gasteiger partial charge is 0.163 e. The molecule has 1 aliphatic heterocycles. The van der Waals surface area contributed by atoms with Crippen molar-refractivity contribution in [1.82, 2.24) is 14.8 Å². The van der Waals surface area contributed by atoms with E-state index in [1.165, 1.54) is 0 Å². The molecule has 9 heteroatoms. The summed E-state index contributed by atoms with van der Waals surface area (Å²) < 4.78 is 24.9. The molecule has 2 heterocycles. The normalized spacial score (nSPS) is 16.6. The van der Waals surface area contributed by atoms with Gasteiger partial charge in [-0.3, -0.25) is 4.98 Å². The number of nitrogens with zero attached hydrogens (tertiary/aromatic N) is 4. The summed E-state index contributed by atoms with van der Waals surface area (Å²) in [5, 5.41) is 14.5. The standard InChI is InChI=1S/C29H34ClN5O3/c1-34-8-10-35(11-9-34)7-4-12-38-28-15-24-22(14-27(28)37-3)29(20(17-31)18-32-24)33-25-16-26(36-2)21(13-23(25)30)19-5-6-19/h13-16,18-19H,4-12H2,1-3H3,(H,32,33)/i1D. The van der Waals surface area contributed by atoms with Crippen molar-refractivity contribution in [1.29, 1.82) is 5.26 Å². The monoisotopic (exact) mass is 536 g/mol. The van der Waals surface area contributed by atoms with Crippen LogP contribution >= 0.6 is 11.6 Å². The number of benzene rings is 2. The summed E-state index contributed by atoms with van der Waals surface area (Å²) in [5.74, 6) is 2.46. The molecule has 200 valence electrons. The van der Waals surface area contributed by atoms with Gasteiger partial charge in [-0.25, -0.2) is 0 Å². The van der Waals surface area contributed by atoms with Gasteiger partial charge in [0, 0.05) is 57.8 Å². The van der Waals surface area contributed by atoms with Gasteiger partial charge < -0.3 is 29.3 Å².